The summed E-state index contributed by atoms with van der Waals surface area (Å²) >= 11 is 0. The molecule has 35 heavy (non-hydrogen) atoms. The Morgan fingerprint density at radius 1 is 1.11 bits per heavy atom. The van der Waals surface area contributed by atoms with Gasteiger partial charge < -0.3 is 25.0 Å². The Balaban J connectivity index is 1.50. The number of aromatic nitrogens is 3. The van der Waals surface area contributed by atoms with Crippen LogP contribution in [0.3, 0.4) is 0 Å². The van der Waals surface area contributed by atoms with Crippen molar-refractivity contribution in [1.82, 2.24) is 19.9 Å². The number of nitrogens with zero attached hydrogens (tertiary/aromatic N) is 4. The van der Waals surface area contributed by atoms with Gasteiger partial charge in [-0.25, -0.2) is 27.7 Å². The Bertz CT molecular complexity index is 1420. The molecule has 2 atom stereocenters. The fourth-order valence-electron chi connectivity index (χ4n) is 4.70. The number of amides is 1. The van der Waals surface area contributed by atoms with E-state index >= 15 is 0 Å². The molecule has 0 unspecified atom stereocenters. The topological polar surface area (TPSA) is 128 Å². The van der Waals surface area contributed by atoms with Crippen LogP contribution in [0.15, 0.2) is 35.5 Å². The monoisotopic (exact) mass is 498 g/mol. The van der Waals surface area contributed by atoms with Crippen molar-refractivity contribution in [1.29, 1.82) is 0 Å². The number of pyridine rings is 1. The Morgan fingerprint density at radius 3 is 2.69 bits per heavy atom. The van der Waals surface area contributed by atoms with E-state index in [0.29, 0.717) is 25.6 Å². The predicted octanol–water partition coefficient (Wildman–Crippen LogP) is 2.03. The number of carbonyl (C=O) groups is 1. The van der Waals surface area contributed by atoms with Crippen LogP contribution in [0.4, 0.5) is 22.0 Å². The van der Waals surface area contributed by atoms with Crippen LogP contribution >= 0.6 is 0 Å². The van der Waals surface area contributed by atoms with E-state index < -0.39 is 15.9 Å². The third-order valence-electron chi connectivity index (χ3n) is 6.70. The van der Waals surface area contributed by atoms with Gasteiger partial charge in [0.2, 0.25) is 0 Å². The van der Waals surface area contributed by atoms with Crippen molar-refractivity contribution in [3.05, 3.63) is 36.2 Å². The summed E-state index contributed by atoms with van der Waals surface area (Å²) in [7, 11) is -3.63. The van der Waals surface area contributed by atoms with E-state index in [9.17, 15) is 13.2 Å². The van der Waals surface area contributed by atoms with Crippen LogP contribution in [0.1, 0.15) is 18.4 Å². The average molecular weight is 499 g/mol. The lowest BCUT2D eigenvalue weighted by Gasteiger charge is -2.37. The number of ether oxygens (including phenoxy) is 2. The van der Waals surface area contributed by atoms with Crippen LogP contribution in [0.2, 0.25) is 0 Å². The van der Waals surface area contributed by atoms with E-state index in [2.05, 4.69) is 31.6 Å². The molecule has 2 aromatic heterocycles. The van der Waals surface area contributed by atoms with Gasteiger partial charge in [-0.15, -0.1) is 0 Å². The normalized spacial score (nSPS) is 22.7. The number of benzene rings is 1. The smallest absolute Gasteiger partial charge is 0.328 e. The summed E-state index contributed by atoms with van der Waals surface area (Å²) < 4.78 is 38.1. The highest BCUT2D eigenvalue weighted by Gasteiger charge is 2.34. The number of anilines is 3. The second-order valence-electron chi connectivity index (χ2n) is 9.16. The fourth-order valence-corrected chi connectivity index (χ4v) is 5.52. The first-order chi connectivity index (χ1) is 16.8. The van der Waals surface area contributed by atoms with E-state index in [1.807, 2.05) is 12.1 Å². The number of carbonyl (C=O) groups excluding carboxylic acids is 1. The van der Waals surface area contributed by atoms with Gasteiger partial charge in [0.25, 0.3) is 0 Å². The number of rotatable bonds is 2. The van der Waals surface area contributed by atoms with Gasteiger partial charge >= 0.3 is 6.03 Å². The highest BCUT2D eigenvalue weighted by Crippen LogP contribution is 2.31. The molecule has 1 saturated carbocycles. The van der Waals surface area contributed by atoms with Crippen LogP contribution in [0.5, 0.6) is 0 Å². The molecule has 1 amide bonds. The highest BCUT2D eigenvalue weighted by atomic mass is 32.2. The first-order valence-corrected chi connectivity index (χ1v) is 13.5. The van der Waals surface area contributed by atoms with Gasteiger partial charge in [0.05, 0.1) is 36.9 Å². The Hall–Kier alpha value is -3.22. The first-order valence-electron chi connectivity index (χ1n) is 11.6. The molecule has 4 bridgehead atoms. The summed E-state index contributed by atoms with van der Waals surface area (Å²) in [6.45, 7) is 3.27. The van der Waals surface area contributed by atoms with E-state index in [1.165, 1.54) is 17.0 Å². The van der Waals surface area contributed by atoms with Crippen molar-refractivity contribution in [2.24, 2.45) is 0 Å². The Morgan fingerprint density at radius 2 is 1.94 bits per heavy atom. The maximum Gasteiger partial charge on any atom is 0.328 e. The minimum absolute atomic E-state index is 0.0121. The standard InChI is InChI=1S/C23H26N6O5S/c1-35(31,32)19-11-20-25-15-8-14(9-16(10-15)28-4-6-33-7-5-28)12-34-18-3-2-17(18)26-23(30)29-13-24-21(19)22(29)27-20/h8-11,13,17-18H,2-7,12H2,1H3,(H,25,27)(H,26,30)/t17-,18-/m1/s1. The summed E-state index contributed by atoms with van der Waals surface area (Å²) in [5.41, 5.74) is 3.07. The summed E-state index contributed by atoms with van der Waals surface area (Å²) in [4.78, 5) is 24.1. The number of hydrogen-bond donors (Lipinski definition) is 2. The molecule has 1 saturated heterocycles. The summed E-state index contributed by atoms with van der Waals surface area (Å²) in [5, 5.41) is 6.23. The molecule has 2 aliphatic heterocycles. The molecule has 11 nitrogen and oxygen atoms in total. The van der Waals surface area contributed by atoms with Gasteiger partial charge in [0.15, 0.2) is 15.5 Å². The average Bonchev–Trinajstić information content (AvgIpc) is 3.24. The third kappa shape index (κ3) is 4.21. The molecule has 4 heterocycles. The summed E-state index contributed by atoms with van der Waals surface area (Å²) in [5.74, 6) is 0.303. The quantitative estimate of drug-likeness (QED) is 0.545. The van der Waals surface area contributed by atoms with Gasteiger partial charge in [-0.3, -0.25) is 0 Å². The number of hydrogen-bond acceptors (Lipinski definition) is 9. The Kier molecular flexibility index (Phi) is 5.38. The molecule has 2 N–H and O–H groups in total. The van der Waals surface area contributed by atoms with Crippen LogP contribution in [0.25, 0.3) is 11.2 Å². The molecular formula is C23H26N6O5S. The van der Waals surface area contributed by atoms with E-state index in [4.69, 9.17) is 9.47 Å². The summed E-state index contributed by atoms with van der Waals surface area (Å²) in [6, 6.07) is 6.98. The molecular weight excluding hydrogens is 472 g/mol. The lowest BCUT2D eigenvalue weighted by molar-refractivity contribution is -0.0323. The number of nitrogens with one attached hydrogen (secondary N) is 2. The highest BCUT2D eigenvalue weighted by molar-refractivity contribution is 7.91. The zero-order valence-electron chi connectivity index (χ0n) is 19.2. The van der Waals surface area contributed by atoms with Crippen molar-refractivity contribution in [3.63, 3.8) is 0 Å². The Labute approximate surface area is 202 Å². The molecule has 184 valence electrons. The third-order valence-corrected chi connectivity index (χ3v) is 7.81. The first kappa shape index (κ1) is 22.3. The van der Waals surface area contributed by atoms with E-state index in [0.717, 1.165) is 49.1 Å². The number of fused-ring (bicyclic) bond motifs is 4. The second kappa shape index (κ2) is 8.47. The SMILES string of the molecule is CS(=O)(=O)c1cc2nc3c1ncn3C(=O)N[C@@H]1CC[C@H]1OCc1cc(cc(N3CCOCC3)c1)N2. The largest absolute Gasteiger partial charge is 0.378 e. The molecule has 0 radical (unpaired) electrons. The van der Waals surface area contributed by atoms with Crippen LogP contribution in [-0.4, -0.2) is 73.7 Å². The zero-order chi connectivity index (χ0) is 24.2. The van der Waals surface area contributed by atoms with Crippen molar-refractivity contribution in [2.45, 2.75) is 36.5 Å². The van der Waals surface area contributed by atoms with Gasteiger partial charge in [-0.05, 0) is 36.6 Å². The minimum atomic E-state index is -3.63. The maximum absolute atomic E-state index is 13.0. The molecule has 1 aliphatic carbocycles. The van der Waals surface area contributed by atoms with E-state index in [-0.39, 0.29) is 28.2 Å². The van der Waals surface area contributed by atoms with Crippen molar-refractivity contribution in [2.75, 3.05) is 42.8 Å². The minimum Gasteiger partial charge on any atom is -0.378 e. The van der Waals surface area contributed by atoms with Crippen molar-refractivity contribution < 1.29 is 22.7 Å². The molecule has 1 aromatic carbocycles. The van der Waals surface area contributed by atoms with Crippen molar-refractivity contribution >= 4 is 44.2 Å². The maximum atomic E-state index is 13.0. The van der Waals surface area contributed by atoms with Gasteiger partial charge in [0.1, 0.15) is 17.7 Å². The van der Waals surface area contributed by atoms with Gasteiger partial charge in [-0.1, -0.05) is 0 Å². The van der Waals surface area contributed by atoms with Crippen molar-refractivity contribution in [3.8, 4) is 0 Å². The molecule has 0 spiro atoms. The van der Waals surface area contributed by atoms with Crippen LogP contribution in [0, 0.1) is 0 Å². The molecule has 3 aromatic rings. The van der Waals surface area contributed by atoms with Gasteiger partial charge in [0, 0.05) is 36.8 Å². The lowest BCUT2D eigenvalue weighted by Crippen LogP contribution is -2.52. The second-order valence-corrected chi connectivity index (χ2v) is 11.1. The predicted molar refractivity (Wildman–Crippen MR) is 129 cm³/mol. The van der Waals surface area contributed by atoms with Crippen LogP contribution in [-0.2, 0) is 25.9 Å². The molecule has 3 aliphatic rings. The van der Waals surface area contributed by atoms with E-state index in [1.54, 1.807) is 0 Å². The zero-order valence-corrected chi connectivity index (χ0v) is 20.0. The van der Waals surface area contributed by atoms with Gasteiger partial charge in [-0.2, -0.15) is 0 Å². The number of morpholine rings is 1. The molecule has 6 rings (SSSR count). The molecule has 2 fully saturated rings. The molecule has 12 heteroatoms. The summed E-state index contributed by atoms with van der Waals surface area (Å²) in [6.07, 6.45) is 3.98. The number of imidazole rings is 1. The van der Waals surface area contributed by atoms with Crippen LogP contribution < -0.4 is 15.5 Å². The lowest BCUT2D eigenvalue weighted by atomic mass is 9.89. The number of sulfone groups is 1. The fraction of sp³-hybridized carbons (Fsp3) is 0.435.